The Balaban J connectivity index is 1.19. The molecular formula is C65H53N7. The molecule has 0 spiro atoms. The average Bonchev–Trinajstić information content (AvgIpc) is 3.41. The molecule has 0 amide bonds. The van der Waals surface area contributed by atoms with Gasteiger partial charge in [0.05, 0.1) is 5.69 Å². The third-order valence-electron chi connectivity index (χ3n) is 13.5. The van der Waals surface area contributed by atoms with E-state index in [1.54, 1.807) is 0 Å². The van der Waals surface area contributed by atoms with Crippen LogP contribution in [0.15, 0.2) is 206 Å². The van der Waals surface area contributed by atoms with E-state index in [-0.39, 0.29) is 5.92 Å². The molecule has 0 bridgehead atoms. The van der Waals surface area contributed by atoms with Crippen LogP contribution in [0.25, 0.3) is 67.5 Å². The summed E-state index contributed by atoms with van der Waals surface area (Å²) >= 11 is 0. The maximum atomic E-state index is 5.50. The van der Waals surface area contributed by atoms with E-state index in [1.165, 1.54) is 50.1 Å². The molecule has 0 radical (unpaired) electrons. The third kappa shape index (κ3) is 8.93. The highest BCUT2D eigenvalue weighted by Gasteiger charge is 2.28. The number of anilines is 3. The SMILES string of the molecule is Cc1cc(C)c(C(c2ccc(N(c3nc(-c4ccccc4)nc(-c4ccccc4)n3)c3nc(-c4ccccc4)nc(-c4ccc5ccccc5c4-c4ccccc4)n3)cc2)c2c(C)cc(C)cc2C)c(C)c1. The molecule has 11 aromatic rings. The van der Waals surface area contributed by atoms with Gasteiger partial charge < -0.3 is 0 Å². The number of benzene rings is 9. The second kappa shape index (κ2) is 19.5. The van der Waals surface area contributed by atoms with E-state index in [0.717, 1.165) is 49.8 Å². The first kappa shape index (κ1) is 45.5. The largest absolute Gasteiger partial charge is 0.246 e. The zero-order valence-corrected chi connectivity index (χ0v) is 41.3. The quantitative estimate of drug-likeness (QED) is 0.120. The van der Waals surface area contributed by atoms with Crippen LogP contribution in [0, 0.1) is 41.5 Å². The predicted molar refractivity (Wildman–Crippen MR) is 295 cm³/mol. The monoisotopic (exact) mass is 931 g/mol. The number of hydrogen-bond acceptors (Lipinski definition) is 7. The van der Waals surface area contributed by atoms with Crippen molar-refractivity contribution >= 4 is 28.4 Å². The summed E-state index contributed by atoms with van der Waals surface area (Å²) in [6, 6.07) is 71.5. The maximum Gasteiger partial charge on any atom is 0.241 e. The molecule has 11 rings (SSSR count). The zero-order valence-electron chi connectivity index (χ0n) is 41.3. The molecular weight excluding hydrogens is 879 g/mol. The Morgan fingerprint density at radius 3 is 1.19 bits per heavy atom. The lowest BCUT2D eigenvalue weighted by molar-refractivity contribution is 0.917. The summed E-state index contributed by atoms with van der Waals surface area (Å²) in [5.41, 5.74) is 17.7. The Hall–Kier alpha value is -8.94. The Kier molecular flexibility index (Phi) is 12.3. The number of nitrogens with zero attached hydrogens (tertiary/aromatic N) is 7. The fourth-order valence-electron chi connectivity index (χ4n) is 10.5. The average molecular weight is 932 g/mol. The van der Waals surface area contributed by atoms with Gasteiger partial charge in [-0.05, 0) is 115 Å². The molecule has 0 fully saturated rings. The lowest BCUT2D eigenvalue weighted by Gasteiger charge is -2.28. The molecule has 72 heavy (non-hydrogen) atoms. The molecule has 7 heteroatoms. The van der Waals surface area contributed by atoms with Crippen LogP contribution < -0.4 is 4.90 Å². The molecule has 0 aliphatic carbocycles. The summed E-state index contributed by atoms with van der Waals surface area (Å²) in [6.07, 6.45) is 0. The van der Waals surface area contributed by atoms with Crippen LogP contribution in [0.2, 0.25) is 0 Å². The van der Waals surface area contributed by atoms with E-state index in [1.807, 2.05) is 102 Å². The van der Waals surface area contributed by atoms with Crippen molar-refractivity contribution in [3.8, 4) is 56.7 Å². The van der Waals surface area contributed by atoms with Crippen LogP contribution in [0.3, 0.4) is 0 Å². The van der Waals surface area contributed by atoms with Crippen LogP contribution in [-0.2, 0) is 0 Å². The van der Waals surface area contributed by atoms with Gasteiger partial charge in [0.15, 0.2) is 23.3 Å². The lowest BCUT2D eigenvalue weighted by atomic mass is 9.77. The van der Waals surface area contributed by atoms with Crippen molar-refractivity contribution in [1.82, 2.24) is 29.9 Å². The van der Waals surface area contributed by atoms with Crippen LogP contribution in [0.5, 0.6) is 0 Å². The molecule has 2 heterocycles. The third-order valence-corrected chi connectivity index (χ3v) is 13.5. The van der Waals surface area contributed by atoms with Gasteiger partial charge in [0.1, 0.15) is 0 Å². The van der Waals surface area contributed by atoms with Gasteiger partial charge in [-0.25, -0.2) is 14.9 Å². The van der Waals surface area contributed by atoms with Gasteiger partial charge in [-0.2, -0.15) is 19.9 Å². The molecule has 0 saturated heterocycles. The van der Waals surface area contributed by atoms with Crippen LogP contribution in [0.1, 0.15) is 56.0 Å². The number of fused-ring (bicyclic) bond motifs is 1. The molecule has 0 saturated carbocycles. The van der Waals surface area contributed by atoms with Gasteiger partial charge in [-0.1, -0.05) is 199 Å². The van der Waals surface area contributed by atoms with Crippen LogP contribution in [-0.4, -0.2) is 29.9 Å². The van der Waals surface area contributed by atoms with E-state index in [2.05, 4.69) is 151 Å². The van der Waals surface area contributed by atoms with Gasteiger partial charge in [-0.3, -0.25) is 0 Å². The van der Waals surface area contributed by atoms with Crippen molar-refractivity contribution in [1.29, 1.82) is 0 Å². The molecule has 0 atom stereocenters. The van der Waals surface area contributed by atoms with E-state index < -0.39 is 0 Å². The van der Waals surface area contributed by atoms with Gasteiger partial charge in [-0.15, -0.1) is 0 Å². The highest BCUT2D eigenvalue weighted by Crippen LogP contribution is 2.43. The highest BCUT2D eigenvalue weighted by molar-refractivity contribution is 6.03. The number of aromatic nitrogens is 6. The first-order valence-corrected chi connectivity index (χ1v) is 24.5. The van der Waals surface area contributed by atoms with Crippen molar-refractivity contribution in [2.75, 3.05) is 4.90 Å². The standard InChI is InChI=1S/C65H53N7/c1-41-37-43(3)56(44(4)38-41)59(57-45(5)39-42(2)40-46(57)6)49-31-34-53(35-32-49)72(64-68-60(50-24-13-8-14-25-50)66-61(69-64)51-26-15-9-16-27-51)65-70-62(52-28-17-10-18-29-52)67-63(71-65)55-36-33-47-21-19-20-30-54(47)58(55)48-22-11-7-12-23-48/h7-40,59H,1-6H3. The van der Waals surface area contributed by atoms with E-state index in [4.69, 9.17) is 29.9 Å². The van der Waals surface area contributed by atoms with Gasteiger partial charge in [0.2, 0.25) is 11.9 Å². The fraction of sp³-hybridized carbons (Fsp3) is 0.108. The first-order chi connectivity index (χ1) is 35.2. The molecule has 348 valence electrons. The Morgan fingerprint density at radius 1 is 0.347 bits per heavy atom. The molecule has 9 aromatic carbocycles. The van der Waals surface area contributed by atoms with Crippen LogP contribution in [0.4, 0.5) is 17.6 Å². The summed E-state index contributed by atoms with van der Waals surface area (Å²) < 4.78 is 0. The molecule has 0 aliphatic heterocycles. The summed E-state index contributed by atoms with van der Waals surface area (Å²) in [5.74, 6) is 2.76. The number of aryl methyl sites for hydroxylation is 6. The number of hydrogen-bond donors (Lipinski definition) is 0. The summed E-state index contributed by atoms with van der Waals surface area (Å²) in [4.78, 5) is 33.9. The minimum atomic E-state index is -0.0296. The predicted octanol–water partition coefficient (Wildman–Crippen LogP) is 16.0. The zero-order chi connectivity index (χ0) is 49.3. The molecule has 2 aromatic heterocycles. The lowest BCUT2D eigenvalue weighted by Crippen LogP contribution is -2.19. The van der Waals surface area contributed by atoms with Gasteiger partial charge in [0.25, 0.3) is 0 Å². The highest BCUT2D eigenvalue weighted by atomic mass is 15.4. The van der Waals surface area contributed by atoms with Crippen molar-refractivity contribution < 1.29 is 0 Å². The maximum absolute atomic E-state index is 5.50. The summed E-state index contributed by atoms with van der Waals surface area (Å²) in [6.45, 7) is 13.3. The summed E-state index contributed by atoms with van der Waals surface area (Å²) in [7, 11) is 0. The number of rotatable bonds is 11. The Bertz CT molecular complexity index is 3590. The van der Waals surface area contributed by atoms with Crippen molar-refractivity contribution in [3.63, 3.8) is 0 Å². The van der Waals surface area contributed by atoms with Crippen molar-refractivity contribution in [3.05, 3.63) is 256 Å². The van der Waals surface area contributed by atoms with Crippen molar-refractivity contribution in [2.24, 2.45) is 0 Å². The molecule has 0 N–H and O–H groups in total. The summed E-state index contributed by atoms with van der Waals surface area (Å²) in [5, 5.41) is 2.22. The Labute approximate surface area is 421 Å². The molecule has 0 unspecified atom stereocenters. The second-order valence-corrected chi connectivity index (χ2v) is 18.7. The fourth-order valence-corrected chi connectivity index (χ4v) is 10.5. The van der Waals surface area contributed by atoms with E-state index in [9.17, 15) is 0 Å². The molecule has 0 aliphatic rings. The van der Waals surface area contributed by atoms with E-state index in [0.29, 0.717) is 35.2 Å². The minimum absolute atomic E-state index is 0.0296. The first-order valence-electron chi connectivity index (χ1n) is 24.5. The van der Waals surface area contributed by atoms with E-state index >= 15 is 0 Å². The normalized spacial score (nSPS) is 11.3. The smallest absolute Gasteiger partial charge is 0.241 e. The van der Waals surface area contributed by atoms with Crippen LogP contribution >= 0.6 is 0 Å². The minimum Gasteiger partial charge on any atom is -0.246 e. The van der Waals surface area contributed by atoms with Gasteiger partial charge >= 0.3 is 0 Å². The van der Waals surface area contributed by atoms with Crippen molar-refractivity contribution in [2.45, 2.75) is 47.5 Å². The van der Waals surface area contributed by atoms with Gasteiger partial charge in [0, 0.05) is 33.7 Å². The topological polar surface area (TPSA) is 80.6 Å². The Morgan fingerprint density at radius 2 is 0.736 bits per heavy atom. The second-order valence-electron chi connectivity index (χ2n) is 18.7. The molecule has 7 nitrogen and oxygen atoms in total.